The molecule has 0 amide bonds. The maximum absolute atomic E-state index is 13.8. The Morgan fingerprint density at radius 3 is 2.37 bits per heavy atom. The predicted octanol–water partition coefficient (Wildman–Crippen LogP) is 3.88. The van der Waals surface area contributed by atoms with E-state index in [-0.39, 0.29) is 5.56 Å². The van der Waals surface area contributed by atoms with Crippen LogP contribution in [0.25, 0.3) is 11.1 Å². The molecule has 0 aromatic heterocycles. The van der Waals surface area contributed by atoms with Gasteiger partial charge in [-0.25, -0.2) is 13.2 Å². The second-order valence-corrected chi connectivity index (χ2v) is 4.16. The van der Waals surface area contributed by atoms with Crippen molar-refractivity contribution in [1.82, 2.24) is 5.32 Å². The van der Waals surface area contributed by atoms with Crippen LogP contribution >= 0.6 is 0 Å². The van der Waals surface area contributed by atoms with Crippen LogP contribution in [0, 0.1) is 17.5 Å². The van der Waals surface area contributed by atoms with Gasteiger partial charge in [0.05, 0.1) is 0 Å². The predicted molar refractivity (Wildman–Crippen MR) is 69.1 cm³/mol. The van der Waals surface area contributed by atoms with E-state index in [9.17, 15) is 13.2 Å². The fourth-order valence-electron chi connectivity index (χ4n) is 1.93. The lowest BCUT2D eigenvalue weighted by Crippen LogP contribution is -2.12. The van der Waals surface area contributed by atoms with Gasteiger partial charge in [-0.2, -0.15) is 0 Å². The highest BCUT2D eigenvalue weighted by molar-refractivity contribution is 5.68. The van der Waals surface area contributed by atoms with Gasteiger partial charge < -0.3 is 5.32 Å². The molecule has 2 aromatic carbocycles. The summed E-state index contributed by atoms with van der Waals surface area (Å²) >= 11 is 0. The van der Waals surface area contributed by atoms with Crippen molar-refractivity contribution in [3.05, 3.63) is 59.4 Å². The van der Waals surface area contributed by atoms with Gasteiger partial charge in [0.15, 0.2) is 17.5 Å². The third-order valence-electron chi connectivity index (χ3n) is 2.91. The average Bonchev–Trinajstić information content (AvgIpc) is 2.43. The highest BCUT2D eigenvalue weighted by Crippen LogP contribution is 2.28. The first kappa shape index (κ1) is 13.6. The van der Waals surface area contributed by atoms with Crippen molar-refractivity contribution in [2.75, 3.05) is 6.54 Å². The van der Waals surface area contributed by atoms with Crippen LogP contribution in [0.5, 0.6) is 0 Å². The lowest BCUT2D eigenvalue weighted by atomic mass is 9.99. The molecule has 0 aliphatic rings. The standard InChI is InChI=1S/C15H14F3N/c1-2-19-9-10-5-3-4-6-11(10)12-7-8-13(16)15(18)14(12)17/h3-8,19H,2,9H2,1H3. The molecule has 0 fully saturated rings. The van der Waals surface area contributed by atoms with Gasteiger partial charge >= 0.3 is 0 Å². The quantitative estimate of drug-likeness (QED) is 0.827. The summed E-state index contributed by atoms with van der Waals surface area (Å²) in [6, 6.07) is 9.30. The minimum absolute atomic E-state index is 0.0763. The molecule has 1 nitrogen and oxygen atoms in total. The van der Waals surface area contributed by atoms with Crippen LogP contribution in [0.2, 0.25) is 0 Å². The molecule has 0 unspecified atom stereocenters. The molecule has 2 aromatic rings. The van der Waals surface area contributed by atoms with E-state index in [1.807, 2.05) is 19.1 Å². The van der Waals surface area contributed by atoms with Crippen LogP contribution < -0.4 is 5.32 Å². The van der Waals surface area contributed by atoms with E-state index >= 15 is 0 Å². The average molecular weight is 265 g/mol. The van der Waals surface area contributed by atoms with E-state index in [0.29, 0.717) is 12.1 Å². The number of nitrogens with one attached hydrogen (secondary N) is 1. The van der Waals surface area contributed by atoms with Crippen molar-refractivity contribution in [2.45, 2.75) is 13.5 Å². The summed E-state index contributed by atoms with van der Waals surface area (Å²) in [5.41, 5.74) is 1.49. The number of benzene rings is 2. The van der Waals surface area contributed by atoms with Gasteiger partial charge in [-0.1, -0.05) is 31.2 Å². The lowest BCUT2D eigenvalue weighted by Gasteiger charge is -2.11. The Kier molecular flexibility index (Phi) is 4.22. The zero-order valence-corrected chi connectivity index (χ0v) is 10.5. The van der Waals surface area contributed by atoms with E-state index in [1.54, 1.807) is 12.1 Å². The van der Waals surface area contributed by atoms with Crippen molar-refractivity contribution < 1.29 is 13.2 Å². The summed E-state index contributed by atoms with van der Waals surface area (Å²) in [5.74, 6) is -3.76. The SMILES string of the molecule is CCNCc1ccccc1-c1ccc(F)c(F)c1F. The Hall–Kier alpha value is -1.81. The summed E-state index contributed by atoms with van der Waals surface area (Å²) in [5, 5.41) is 3.13. The molecule has 0 radical (unpaired) electrons. The van der Waals surface area contributed by atoms with Crippen molar-refractivity contribution in [2.24, 2.45) is 0 Å². The smallest absolute Gasteiger partial charge is 0.195 e. The molecule has 1 N–H and O–H groups in total. The van der Waals surface area contributed by atoms with E-state index in [4.69, 9.17) is 0 Å². The van der Waals surface area contributed by atoms with Gasteiger partial charge in [-0.05, 0) is 29.8 Å². The van der Waals surface area contributed by atoms with Gasteiger partial charge in [-0.3, -0.25) is 0 Å². The Bertz CT molecular complexity index is 582. The van der Waals surface area contributed by atoms with Gasteiger partial charge in [-0.15, -0.1) is 0 Å². The first-order valence-corrected chi connectivity index (χ1v) is 6.07. The Morgan fingerprint density at radius 2 is 1.63 bits per heavy atom. The largest absolute Gasteiger partial charge is 0.313 e. The molecule has 0 atom stereocenters. The summed E-state index contributed by atoms with van der Waals surface area (Å²) in [6.07, 6.45) is 0. The maximum Gasteiger partial charge on any atom is 0.195 e. The van der Waals surface area contributed by atoms with Crippen molar-refractivity contribution in [3.63, 3.8) is 0 Å². The number of halogens is 3. The summed E-state index contributed by atoms with van der Waals surface area (Å²) < 4.78 is 40.1. The van der Waals surface area contributed by atoms with Crippen LogP contribution in [-0.2, 0) is 6.54 Å². The molecular formula is C15H14F3N. The number of rotatable bonds is 4. The van der Waals surface area contributed by atoms with Crippen LogP contribution in [0.1, 0.15) is 12.5 Å². The summed E-state index contributed by atoms with van der Waals surface area (Å²) in [6.45, 7) is 3.28. The van der Waals surface area contributed by atoms with Crippen molar-refractivity contribution in [3.8, 4) is 11.1 Å². The first-order valence-electron chi connectivity index (χ1n) is 6.07. The summed E-state index contributed by atoms with van der Waals surface area (Å²) in [7, 11) is 0. The third kappa shape index (κ3) is 2.79. The Labute approximate surface area is 110 Å². The van der Waals surface area contributed by atoms with Crippen molar-refractivity contribution >= 4 is 0 Å². The third-order valence-corrected chi connectivity index (χ3v) is 2.91. The summed E-state index contributed by atoms with van der Waals surface area (Å²) in [4.78, 5) is 0. The Morgan fingerprint density at radius 1 is 0.895 bits per heavy atom. The van der Waals surface area contributed by atoms with Gasteiger partial charge in [0.25, 0.3) is 0 Å². The van der Waals surface area contributed by atoms with Crippen LogP contribution in [0.15, 0.2) is 36.4 Å². The zero-order valence-electron chi connectivity index (χ0n) is 10.5. The lowest BCUT2D eigenvalue weighted by molar-refractivity contribution is 0.449. The molecule has 0 bridgehead atoms. The molecule has 0 saturated heterocycles. The first-order chi connectivity index (χ1) is 9.15. The molecule has 4 heteroatoms. The zero-order chi connectivity index (χ0) is 13.8. The van der Waals surface area contributed by atoms with Crippen LogP contribution in [0.4, 0.5) is 13.2 Å². The second-order valence-electron chi connectivity index (χ2n) is 4.16. The fourth-order valence-corrected chi connectivity index (χ4v) is 1.93. The maximum atomic E-state index is 13.8. The minimum atomic E-state index is -1.43. The van der Waals surface area contributed by atoms with Crippen molar-refractivity contribution in [1.29, 1.82) is 0 Å². The normalized spacial score (nSPS) is 10.7. The minimum Gasteiger partial charge on any atom is -0.313 e. The topological polar surface area (TPSA) is 12.0 Å². The number of hydrogen-bond donors (Lipinski definition) is 1. The molecule has 0 aliphatic carbocycles. The molecule has 0 spiro atoms. The molecule has 0 heterocycles. The highest BCUT2D eigenvalue weighted by atomic mass is 19.2. The molecular weight excluding hydrogens is 251 g/mol. The van der Waals surface area contributed by atoms with Gasteiger partial charge in [0, 0.05) is 12.1 Å². The van der Waals surface area contributed by atoms with E-state index in [0.717, 1.165) is 18.2 Å². The Balaban J connectivity index is 2.50. The molecule has 100 valence electrons. The van der Waals surface area contributed by atoms with Crippen LogP contribution in [0.3, 0.4) is 0 Å². The van der Waals surface area contributed by atoms with E-state index in [1.165, 1.54) is 6.07 Å². The monoisotopic (exact) mass is 265 g/mol. The van der Waals surface area contributed by atoms with Crippen LogP contribution in [-0.4, -0.2) is 6.54 Å². The number of hydrogen-bond acceptors (Lipinski definition) is 1. The van der Waals surface area contributed by atoms with Gasteiger partial charge in [0.1, 0.15) is 0 Å². The highest BCUT2D eigenvalue weighted by Gasteiger charge is 2.16. The molecule has 0 saturated carbocycles. The molecule has 2 rings (SSSR count). The molecule has 19 heavy (non-hydrogen) atoms. The second kappa shape index (κ2) is 5.89. The van der Waals surface area contributed by atoms with E-state index in [2.05, 4.69) is 5.32 Å². The molecule has 0 aliphatic heterocycles. The fraction of sp³-hybridized carbons (Fsp3) is 0.200. The van der Waals surface area contributed by atoms with E-state index < -0.39 is 17.5 Å². The van der Waals surface area contributed by atoms with Gasteiger partial charge in [0.2, 0.25) is 0 Å².